The van der Waals surface area contributed by atoms with Crippen LogP contribution in [0.4, 0.5) is 5.69 Å². The number of methoxy groups -OCH3 is 1. The molecule has 2 aromatic carbocycles. The minimum atomic E-state index is 0.540. The molecule has 2 rings (SSSR count). The third kappa shape index (κ3) is 3.91. The first-order valence-corrected chi connectivity index (χ1v) is 7.21. The second kappa shape index (κ2) is 7.20. The molecule has 0 aliphatic rings. The molecule has 0 saturated heterocycles. The zero-order valence-corrected chi connectivity index (χ0v) is 12.7. The lowest BCUT2D eigenvalue weighted by atomic mass is 9.98. The van der Waals surface area contributed by atoms with Gasteiger partial charge in [-0.2, -0.15) is 0 Å². The molecule has 20 heavy (non-hydrogen) atoms. The minimum Gasteiger partial charge on any atom is -0.495 e. The van der Waals surface area contributed by atoms with E-state index in [2.05, 4.69) is 42.6 Å². The highest BCUT2D eigenvalue weighted by Gasteiger charge is 2.05. The summed E-state index contributed by atoms with van der Waals surface area (Å²) in [6, 6.07) is 16.3. The van der Waals surface area contributed by atoms with Crippen LogP contribution >= 0.6 is 11.6 Å². The number of halogens is 1. The van der Waals surface area contributed by atoms with Gasteiger partial charge >= 0.3 is 0 Å². The van der Waals surface area contributed by atoms with Gasteiger partial charge in [0.25, 0.3) is 0 Å². The Morgan fingerprint density at radius 3 is 2.60 bits per heavy atom. The van der Waals surface area contributed by atoms with Crippen LogP contribution in [0.15, 0.2) is 48.5 Å². The maximum absolute atomic E-state index is 6.01. The highest BCUT2D eigenvalue weighted by atomic mass is 35.5. The zero-order chi connectivity index (χ0) is 14.4. The molecule has 0 heterocycles. The Morgan fingerprint density at radius 2 is 1.90 bits per heavy atom. The second-order valence-corrected chi connectivity index (χ2v) is 5.28. The van der Waals surface area contributed by atoms with Crippen molar-refractivity contribution in [2.45, 2.75) is 19.3 Å². The third-order valence-electron chi connectivity index (χ3n) is 3.43. The quantitative estimate of drug-likeness (QED) is 0.812. The molecule has 0 amide bonds. The molecule has 0 aromatic heterocycles. The normalized spacial score (nSPS) is 11.9. The lowest BCUT2D eigenvalue weighted by Crippen LogP contribution is -2.06. The molecule has 0 fully saturated rings. The minimum absolute atomic E-state index is 0.540. The molecule has 0 bridgehead atoms. The molecule has 0 aliphatic carbocycles. The zero-order valence-electron chi connectivity index (χ0n) is 11.9. The molecule has 0 spiro atoms. The van der Waals surface area contributed by atoms with Crippen molar-refractivity contribution < 1.29 is 4.74 Å². The topological polar surface area (TPSA) is 21.3 Å². The van der Waals surface area contributed by atoms with Crippen LogP contribution in [0.5, 0.6) is 5.75 Å². The van der Waals surface area contributed by atoms with Gasteiger partial charge in [-0.1, -0.05) is 48.9 Å². The van der Waals surface area contributed by atoms with Gasteiger partial charge in [0.1, 0.15) is 5.75 Å². The van der Waals surface area contributed by atoms with Crippen molar-refractivity contribution in [3.8, 4) is 5.75 Å². The van der Waals surface area contributed by atoms with E-state index in [-0.39, 0.29) is 0 Å². The van der Waals surface area contributed by atoms with Crippen LogP contribution in [0, 0.1) is 0 Å². The van der Waals surface area contributed by atoms with E-state index in [0.717, 1.165) is 18.7 Å². The van der Waals surface area contributed by atoms with Gasteiger partial charge in [-0.05, 0) is 30.0 Å². The maximum Gasteiger partial charge on any atom is 0.139 e. The van der Waals surface area contributed by atoms with Crippen LogP contribution in [0.25, 0.3) is 0 Å². The van der Waals surface area contributed by atoms with Crippen LogP contribution in [0.1, 0.15) is 24.8 Å². The molecule has 1 unspecified atom stereocenters. The molecule has 0 radical (unpaired) electrons. The van der Waals surface area contributed by atoms with Gasteiger partial charge < -0.3 is 10.1 Å². The Kier molecular flexibility index (Phi) is 5.31. The van der Waals surface area contributed by atoms with Gasteiger partial charge in [0.2, 0.25) is 0 Å². The Labute approximate surface area is 125 Å². The fourth-order valence-corrected chi connectivity index (χ4v) is 2.35. The van der Waals surface area contributed by atoms with Crippen LogP contribution in [0.2, 0.25) is 5.02 Å². The summed E-state index contributed by atoms with van der Waals surface area (Å²) in [6.45, 7) is 3.17. The fourth-order valence-electron chi connectivity index (χ4n) is 2.15. The summed E-state index contributed by atoms with van der Waals surface area (Å²) >= 11 is 6.01. The number of nitrogens with one attached hydrogen (secondary N) is 1. The molecule has 1 atom stereocenters. The molecular formula is C17H20ClNO. The van der Waals surface area contributed by atoms with Crippen molar-refractivity contribution in [1.82, 2.24) is 0 Å². The Bertz CT molecular complexity index is 542. The average molecular weight is 290 g/mol. The molecule has 3 heteroatoms. The number of hydrogen-bond acceptors (Lipinski definition) is 2. The smallest absolute Gasteiger partial charge is 0.139 e. The maximum atomic E-state index is 6.01. The first kappa shape index (κ1) is 14.7. The van der Waals surface area contributed by atoms with Gasteiger partial charge in [0.05, 0.1) is 12.1 Å². The lowest BCUT2D eigenvalue weighted by molar-refractivity contribution is 0.415. The van der Waals surface area contributed by atoms with E-state index in [1.165, 1.54) is 5.56 Å². The molecule has 0 saturated carbocycles. The predicted octanol–water partition coefficient (Wildman–Crippen LogP) is 4.95. The summed E-state index contributed by atoms with van der Waals surface area (Å²) in [5.41, 5.74) is 2.41. The highest BCUT2D eigenvalue weighted by molar-refractivity contribution is 6.32. The standard InChI is InChI=1S/C17H20ClNO/c1-13(14-6-4-3-5-7-14)10-11-19-15-8-9-16(18)17(12-15)20-2/h3-9,12-13,19H,10-11H2,1-2H3. The van der Waals surface area contributed by atoms with Crippen molar-refractivity contribution in [3.05, 3.63) is 59.1 Å². The Morgan fingerprint density at radius 1 is 1.15 bits per heavy atom. The third-order valence-corrected chi connectivity index (χ3v) is 3.74. The average Bonchev–Trinajstić information content (AvgIpc) is 2.49. The predicted molar refractivity (Wildman–Crippen MR) is 86.0 cm³/mol. The van der Waals surface area contributed by atoms with Gasteiger partial charge in [-0.25, -0.2) is 0 Å². The van der Waals surface area contributed by atoms with Crippen LogP contribution in [0.3, 0.4) is 0 Å². The van der Waals surface area contributed by atoms with Crippen molar-refractivity contribution >= 4 is 17.3 Å². The highest BCUT2D eigenvalue weighted by Crippen LogP contribution is 2.27. The van der Waals surface area contributed by atoms with E-state index in [9.17, 15) is 0 Å². The Balaban J connectivity index is 1.87. The SMILES string of the molecule is COc1cc(NCCC(C)c2ccccc2)ccc1Cl. The number of rotatable bonds is 6. The number of anilines is 1. The summed E-state index contributed by atoms with van der Waals surface area (Å²) in [6.07, 6.45) is 1.08. The largest absolute Gasteiger partial charge is 0.495 e. The summed E-state index contributed by atoms with van der Waals surface area (Å²) in [7, 11) is 1.63. The lowest BCUT2D eigenvalue weighted by Gasteiger charge is -2.14. The number of hydrogen-bond donors (Lipinski definition) is 1. The monoisotopic (exact) mass is 289 g/mol. The summed E-state index contributed by atoms with van der Waals surface area (Å²) < 4.78 is 5.21. The fraction of sp³-hybridized carbons (Fsp3) is 0.294. The van der Waals surface area contributed by atoms with Gasteiger partial charge in [0, 0.05) is 18.3 Å². The summed E-state index contributed by atoms with van der Waals surface area (Å²) in [5, 5.41) is 4.04. The van der Waals surface area contributed by atoms with Crippen LogP contribution < -0.4 is 10.1 Å². The first-order chi connectivity index (χ1) is 9.70. The van der Waals surface area contributed by atoms with Gasteiger partial charge in [-0.15, -0.1) is 0 Å². The van der Waals surface area contributed by atoms with Crippen molar-refractivity contribution in [3.63, 3.8) is 0 Å². The number of benzene rings is 2. The van der Waals surface area contributed by atoms with E-state index in [4.69, 9.17) is 16.3 Å². The summed E-state index contributed by atoms with van der Waals surface area (Å²) in [5.74, 6) is 1.24. The van der Waals surface area contributed by atoms with Crippen LogP contribution in [-0.4, -0.2) is 13.7 Å². The van der Waals surface area contributed by atoms with Gasteiger partial charge in [0.15, 0.2) is 0 Å². The summed E-state index contributed by atoms with van der Waals surface area (Å²) in [4.78, 5) is 0. The molecule has 106 valence electrons. The van der Waals surface area contributed by atoms with Crippen LogP contribution in [-0.2, 0) is 0 Å². The molecule has 2 aromatic rings. The molecule has 2 nitrogen and oxygen atoms in total. The van der Waals surface area contributed by atoms with E-state index in [1.807, 2.05) is 18.2 Å². The van der Waals surface area contributed by atoms with Crippen molar-refractivity contribution in [2.75, 3.05) is 19.0 Å². The Hall–Kier alpha value is -1.67. The number of ether oxygens (including phenoxy) is 1. The van der Waals surface area contributed by atoms with E-state index < -0.39 is 0 Å². The van der Waals surface area contributed by atoms with E-state index >= 15 is 0 Å². The van der Waals surface area contributed by atoms with Crippen molar-refractivity contribution in [1.29, 1.82) is 0 Å². The second-order valence-electron chi connectivity index (χ2n) is 4.88. The first-order valence-electron chi connectivity index (χ1n) is 6.83. The van der Waals surface area contributed by atoms with E-state index in [0.29, 0.717) is 16.7 Å². The van der Waals surface area contributed by atoms with Crippen molar-refractivity contribution in [2.24, 2.45) is 0 Å². The molecule has 1 N–H and O–H groups in total. The molecular weight excluding hydrogens is 270 g/mol. The van der Waals surface area contributed by atoms with Gasteiger partial charge in [-0.3, -0.25) is 0 Å². The molecule has 0 aliphatic heterocycles. The van der Waals surface area contributed by atoms with E-state index in [1.54, 1.807) is 7.11 Å².